The molecule has 196 valence electrons. The SMILES string of the molecule is CC1(C)c2ccccc2-c2c1ccc1c2N(c2ccccc2)c2cc(-c3ccccc3)ccc2N1c1ccccc1. The van der Waals surface area contributed by atoms with Gasteiger partial charge in [0, 0.05) is 22.4 Å². The molecule has 1 heterocycles. The minimum absolute atomic E-state index is 0.0902. The lowest BCUT2D eigenvalue weighted by Gasteiger charge is -2.42. The van der Waals surface area contributed by atoms with Crippen LogP contribution in [0.1, 0.15) is 25.0 Å². The molecule has 0 amide bonds. The Morgan fingerprint density at radius 2 is 1.02 bits per heavy atom. The van der Waals surface area contributed by atoms with Crippen molar-refractivity contribution in [3.63, 3.8) is 0 Å². The summed E-state index contributed by atoms with van der Waals surface area (Å²) in [6.45, 7) is 4.71. The summed E-state index contributed by atoms with van der Waals surface area (Å²) in [5.74, 6) is 0. The van der Waals surface area contributed by atoms with Crippen molar-refractivity contribution in [1.29, 1.82) is 0 Å². The van der Waals surface area contributed by atoms with E-state index in [9.17, 15) is 0 Å². The lowest BCUT2D eigenvalue weighted by molar-refractivity contribution is 0.660. The zero-order valence-corrected chi connectivity index (χ0v) is 23.3. The second-order valence-corrected chi connectivity index (χ2v) is 11.4. The summed E-state index contributed by atoms with van der Waals surface area (Å²) in [5.41, 5.74) is 14.8. The topological polar surface area (TPSA) is 6.48 Å². The molecule has 0 aromatic heterocycles. The highest BCUT2D eigenvalue weighted by molar-refractivity contribution is 6.09. The Morgan fingerprint density at radius 3 is 1.73 bits per heavy atom. The third-order valence-electron chi connectivity index (χ3n) is 8.76. The number of hydrogen-bond acceptors (Lipinski definition) is 2. The molecule has 0 atom stereocenters. The minimum Gasteiger partial charge on any atom is -0.306 e. The number of hydrogen-bond donors (Lipinski definition) is 0. The molecule has 6 aromatic carbocycles. The molecule has 0 bridgehead atoms. The van der Waals surface area contributed by atoms with Gasteiger partial charge in [0.2, 0.25) is 0 Å². The van der Waals surface area contributed by atoms with Crippen LogP contribution >= 0.6 is 0 Å². The first-order chi connectivity index (χ1) is 20.1. The molecule has 8 rings (SSSR count). The molecule has 6 aromatic rings. The van der Waals surface area contributed by atoms with Gasteiger partial charge in [-0.15, -0.1) is 0 Å². The van der Waals surface area contributed by atoms with Crippen molar-refractivity contribution in [2.45, 2.75) is 19.3 Å². The fourth-order valence-electron chi connectivity index (χ4n) is 6.82. The molecule has 41 heavy (non-hydrogen) atoms. The predicted octanol–water partition coefficient (Wildman–Crippen LogP) is 10.9. The molecule has 2 nitrogen and oxygen atoms in total. The van der Waals surface area contributed by atoms with E-state index < -0.39 is 0 Å². The van der Waals surface area contributed by atoms with Crippen LogP contribution in [0.3, 0.4) is 0 Å². The monoisotopic (exact) mass is 526 g/mol. The molecule has 0 N–H and O–H groups in total. The Hall–Kier alpha value is -5.08. The van der Waals surface area contributed by atoms with E-state index in [1.54, 1.807) is 0 Å². The lowest BCUT2D eigenvalue weighted by Crippen LogP contribution is -2.25. The average Bonchev–Trinajstić information content (AvgIpc) is 3.27. The highest BCUT2D eigenvalue weighted by atomic mass is 15.3. The maximum Gasteiger partial charge on any atom is 0.0785 e. The van der Waals surface area contributed by atoms with Crippen LogP contribution in [0.5, 0.6) is 0 Å². The zero-order chi connectivity index (χ0) is 27.6. The number of anilines is 6. The van der Waals surface area contributed by atoms with Crippen LogP contribution in [0.25, 0.3) is 22.3 Å². The fraction of sp³-hybridized carbons (Fsp3) is 0.0769. The molecule has 1 aliphatic carbocycles. The first-order valence-electron chi connectivity index (χ1n) is 14.3. The van der Waals surface area contributed by atoms with E-state index in [1.165, 1.54) is 50.4 Å². The number of para-hydroxylation sites is 2. The van der Waals surface area contributed by atoms with Crippen LogP contribution in [-0.4, -0.2) is 0 Å². The van der Waals surface area contributed by atoms with E-state index in [0.717, 1.165) is 17.1 Å². The Kier molecular flexibility index (Phi) is 5.20. The normalized spacial score (nSPS) is 14.2. The van der Waals surface area contributed by atoms with Crippen molar-refractivity contribution in [2.75, 3.05) is 9.80 Å². The third kappa shape index (κ3) is 3.50. The Bertz CT molecular complexity index is 1910. The van der Waals surface area contributed by atoms with E-state index in [-0.39, 0.29) is 5.41 Å². The number of benzene rings is 6. The number of fused-ring (bicyclic) bond motifs is 6. The summed E-state index contributed by atoms with van der Waals surface area (Å²) in [5, 5.41) is 0. The highest BCUT2D eigenvalue weighted by Crippen LogP contribution is 2.62. The van der Waals surface area contributed by atoms with Gasteiger partial charge in [-0.3, -0.25) is 0 Å². The molecule has 0 unspecified atom stereocenters. The van der Waals surface area contributed by atoms with E-state index in [0.29, 0.717) is 0 Å². The maximum absolute atomic E-state index is 2.49. The van der Waals surface area contributed by atoms with Gasteiger partial charge in [0.1, 0.15) is 0 Å². The summed E-state index contributed by atoms with van der Waals surface area (Å²) in [6.07, 6.45) is 0. The highest BCUT2D eigenvalue weighted by Gasteiger charge is 2.41. The quantitative estimate of drug-likeness (QED) is 0.226. The van der Waals surface area contributed by atoms with Gasteiger partial charge < -0.3 is 9.80 Å². The summed E-state index contributed by atoms with van der Waals surface area (Å²) in [6, 6.07) is 52.8. The van der Waals surface area contributed by atoms with Crippen LogP contribution in [0, 0.1) is 0 Å². The standard InChI is InChI=1S/C39H30N2/c1-39(2)32-21-13-12-20-31(32)37-33(39)23-25-35-38(37)41(30-18-10-5-11-19-30)36-26-28(27-14-6-3-7-15-27)22-24-34(36)40(35)29-16-8-4-9-17-29/h3-26H,1-2H3. The van der Waals surface area contributed by atoms with Gasteiger partial charge in [-0.2, -0.15) is 0 Å². The third-order valence-corrected chi connectivity index (χ3v) is 8.76. The summed E-state index contributed by atoms with van der Waals surface area (Å²) in [7, 11) is 0. The van der Waals surface area contributed by atoms with E-state index in [4.69, 9.17) is 0 Å². The average molecular weight is 527 g/mol. The second-order valence-electron chi connectivity index (χ2n) is 11.4. The van der Waals surface area contributed by atoms with Crippen molar-refractivity contribution in [3.8, 4) is 22.3 Å². The smallest absolute Gasteiger partial charge is 0.0785 e. The van der Waals surface area contributed by atoms with Crippen LogP contribution in [0.2, 0.25) is 0 Å². The predicted molar refractivity (Wildman–Crippen MR) is 172 cm³/mol. The number of nitrogens with zero attached hydrogens (tertiary/aromatic N) is 2. The first-order valence-corrected chi connectivity index (χ1v) is 14.3. The van der Waals surface area contributed by atoms with Crippen LogP contribution in [0.15, 0.2) is 146 Å². The Labute approximate surface area is 241 Å². The van der Waals surface area contributed by atoms with E-state index >= 15 is 0 Å². The van der Waals surface area contributed by atoms with Gasteiger partial charge >= 0.3 is 0 Å². The van der Waals surface area contributed by atoms with E-state index in [2.05, 4.69) is 169 Å². The van der Waals surface area contributed by atoms with Gasteiger partial charge in [0.15, 0.2) is 0 Å². The molecule has 0 spiro atoms. The Balaban J connectivity index is 1.50. The molecule has 2 aliphatic rings. The van der Waals surface area contributed by atoms with Gasteiger partial charge in [0.05, 0.1) is 22.7 Å². The summed E-state index contributed by atoms with van der Waals surface area (Å²) in [4.78, 5) is 4.93. The molecule has 2 heteroatoms. The van der Waals surface area contributed by atoms with Gasteiger partial charge in [-0.05, 0) is 70.3 Å². The van der Waals surface area contributed by atoms with Crippen LogP contribution in [0.4, 0.5) is 34.1 Å². The van der Waals surface area contributed by atoms with Crippen molar-refractivity contribution >= 4 is 34.1 Å². The first kappa shape index (κ1) is 23.8. The van der Waals surface area contributed by atoms with Crippen LogP contribution < -0.4 is 9.80 Å². The number of rotatable bonds is 3. The van der Waals surface area contributed by atoms with Crippen LogP contribution in [-0.2, 0) is 5.41 Å². The Morgan fingerprint density at radius 1 is 0.439 bits per heavy atom. The largest absolute Gasteiger partial charge is 0.306 e. The summed E-state index contributed by atoms with van der Waals surface area (Å²) < 4.78 is 0. The van der Waals surface area contributed by atoms with Crippen molar-refractivity contribution in [3.05, 3.63) is 157 Å². The maximum atomic E-state index is 2.49. The zero-order valence-electron chi connectivity index (χ0n) is 23.3. The van der Waals surface area contributed by atoms with Gasteiger partial charge in [-0.1, -0.05) is 117 Å². The molecule has 0 saturated carbocycles. The molecule has 1 aliphatic heterocycles. The summed E-state index contributed by atoms with van der Waals surface area (Å²) >= 11 is 0. The van der Waals surface area contributed by atoms with Gasteiger partial charge in [-0.25, -0.2) is 0 Å². The lowest BCUT2D eigenvalue weighted by atomic mass is 9.82. The molecule has 0 fully saturated rings. The van der Waals surface area contributed by atoms with Crippen molar-refractivity contribution in [2.24, 2.45) is 0 Å². The molecular weight excluding hydrogens is 496 g/mol. The molecule has 0 saturated heterocycles. The fourth-order valence-corrected chi connectivity index (χ4v) is 6.82. The van der Waals surface area contributed by atoms with Crippen molar-refractivity contribution < 1.29 is 0 Å². The minimum atomic E-state index is -0.0902. The molecule has 0 radical (unpaired) electrons. The second kappa shape index (κ2) is 8.97. The molecular formula is C39H30N2. The van der Waals surface area contributed by atoms with Gasteiger partial charge in [0.25, 0.3) is 0 Å². The van der Waals surface area contributed by atoms with Crippen molar-refractivity contribution in [1.82, 2.24) is 0 Å². The van der Waals surface area contributed by atoms with E-state index in [1.807, 2.05) is 0 Å².